The standard InChI is InChI=1S/C19H27N3O6S/c1-26-5-4-20-18(25)13-9-14(23)16(24)15-17(13)29-19(22-15)21-10-6-11(27-2)8-12(7-10)28-3/h6-8,13-17,23-24H,4-5,9H2,1-3H3,(H,20,25)(H,21,22). The van der Waals surface area contributed by atoms with Crippen molar-refractivity contribution in [2.75, 3.05) is 39.8 Å². The molecule has 0 bridgehead atoms. The van der Waals surface area contributed by atoms with Gasteiger partial charge >= 0.3 is 0 Å². The average molecular weight is 426 g/mol. The van der Waals surface area contributed by atoms with Crippen LogP contribution in [0, 0.1) is 5.92 Å². The van der Waals surface area contributed by atoms with E-state index in [9.17, 15) is 15.0 Å². The van der Waals surface area contributed by atoms with Crippen LogP contribution in [0.1, 0.15) is 6.42 Å². The summed E-state index contributed by atoms with van der Waals surface area (Å²) in [6, 6.07) is 4.79. The third-order valence-electron chi connectivity index (χ3n) is 5.03. The van der Waals surface area contributed by atoms with Gasteiger partial charge < -0.3 is 35.1 Å². The van der Waals surface area contributed by atoms with E-state index in [-0.39, 0.29) is 17.6 Å². The van der Waals surface area contributed by atoms with Crippen molar-refractivity contribution in [1.29, 1.82) is 0 Å². The highest BCUT2D eigenvalue weighted by Crippen LogP contribution is 2.41. The Balaban J connectivity index is 1.75. The zero-order valence-corrected chi connectivity index (χ0v) is 17.4. The fraction of sp³-hybridized carbons (Fsp3) is 0.579. The molecule has 1 aliphatic carbocycles. The van der Waals surface area contributed by atoms with E-state index in [2.05, 4.69) is 15.6 Å². The first-order chi connectivity index (χ1) is 14.0. The zero-order valence-electron chi connectivity index (χ0n) is 16.6. The van der Waals surface area contributed by atoms with Crippen molar-refractivity contribution >= 4 is 28.5 Å². The minimum absolute atomic E-state index is 0.171. The van der Waals surface area contributed by atoms with Gasteiger partial charge in [0.25, 0.3) is 0 Å². The summed E-state index contributed by atoms with van der Waals surface area (Å²) in [5.41, 5.74) is 0.710. The maximum atomic E-state index is 12.6. The van der Waals surface area contributed by atoms with Gasteiger partial charge in [0.2, 0.25) is 5.91 Å². The first kappa shape index (κ1) is 21.7. The van der Waals surface area contributed by atoms with Crippen molar-refractivity contribution in [1.82, 2.24) is 5.32 Å². The van der Waals surface area contributed by atoms with Gasteiger partial charge in [-0.1, -0.05) is 11.8 Å². The lowest BCUT2D eigenvalue weighted by atomic mass is 9.81. The molecule has 2 aliphatic rings. The van der Waals surface area contributed by atoms with Gasteiger partial charge in [-0.2, -0.15) is 0 Å². The second kappa shape index (κ2) is 9.66. The number of anilines is 1. The van der Waals surface area contributed by atoms with Crippen LogP contribution in [0.15, 0.2) is 23.2 Å². The van der Waals surface area contributed by atoms with Crippen molar-refractivity contribution in [3.63, 3.8) is 0 Å². The average Bonchev–Trinajstić information content (AvgIpc) is 3.14. The van der Waals surface area contributed by atoms with Crippen LogP contribution in [-0.4, -0.2) is 79.3 Å². The molecule has 5 unspecified atom stereocenters. The summed E-state index contributed by atoms with van der Waals surface area (Å²) in [5.74, 6) is 0.607. The largest absolute Gasteiger partial charge is 0.497 e. The first-order valence-electron chi connectivity index (χ1n) is 9.34. The number of thioether (sulfide) groups is 1. The van der Waals surface area contributed by atoms with E-state index in [0.717, 1.165) is 0 Å². The van der Waals surface area contributed by atoms with Crippen molar-refractivity contribution in [2.24, 2.45) is 10.9 Å². The highest BCUT2D eigenvalue weighted by molar-refractivity contribution is 8.15. The molecule has 0 spiro atoms. The normalized spacial score (nSPS) is 28.3. The number of carbonyl (C=O) groups excluding carboxylic acids is 1. The van der Waals surface area contributed by atoms with E-state index < -0.39 is 24.2 Å². The van der Waals surface area contributed by atoms with Gasteiger partial charge in [-0.05, 0) is 6.42 Å². The molecule has 29 heavy (non-hydrogen) atoms. The number of methoxy groups -OCH3 is 3. The van der Waals surface area contributed by atoms with Crippen LogP contribution in [0.3, 0.4) is 0 Å². The molecule has 9 nitrogen and oxygen atoms in total. The Bertz CT molecular complexity index is 739. The monoisotopic (exact) mass is 425 g/mol. The molecular formula is C19H27N3O6S. The predicted octanol–water partition coefficient (Wildman–Crippen LogP) is 0.460. The Morgan fingerprint density at radius 2 is 1.90 bits per heavy atom. The lowest BCUT2D eigenvalue weighted by molar-refractivity contribution is -0.129. The molecule has 4 N–H and O–H groups in total. The Kier molecular flexibility index (Phi) is 7.23. The summed E-state index contributed by atoms with van der Waals surface area (Å²) in [5, 5.41) is 27.0. The molecule has 0 saturated heterocycles. The van der Waals surface area contributed by atoms with Crippen molar-refractivity contribution in [3.8, 4) is 11.5 Å². The summed E-state index contributed by atoms with van der Waals surface area (Å²) < 4.78 is 15.5. The molecule has 1 fully saturated rings. The number of benzene rings is 1. The molecule has 1 heterocycles. The van der Waals surface area contributed by atoms with Gasteiger partial charge in [-0.3, -0.25) is 9.79 Å². The number of rotatable bonds is 7. The molecule has 1 aromatic rings. The van der Waals surface area contributed by atoms with Gasteiger partial charge in [0, 0.05) is 42.8 Å². The van der Waals surface area contributed by atoms with Crippen LogP contribution in [0.5, 0.6) is 11.5 Å². The van der Waals surface area contributed by atoms with E-state index in [1.165, 1.54) is 11.8 Å². The van der Waals surface area contributed by atoms with Crippen molar-refractivity contribution < 1.29 is 29.2 Å². The molecule has 1 aromatic carbocycles. The fourth-order valence-electron chi connectivity index (χ4n) is 3.52. The van der Waals surface area contributed by atoms with E-state index >= 15 is 0 Å². The number of aliphatic hydroxyl groups excluding tert-OH is 2. The van der Waals surface area contributed by atoms with Gasteiger partial charge in [-0.25, -0.2) is 0 Å². The molecule has 5 atom stereocenters. The number of aliphatic hydroxyl groups is 2. The molecule has 10 heteroatoms. The van der Waals surface area contributed by atoms with Gasteiger partial charge in [0.05, 0.1) is 38.9 Å². The smallest absolute Gasteiger partial charge is 0.224 e. The van der Waals surface area contributed by atoms with Gasteiger partial charge in [0.15, 0.2) is 5.17 Å². The maximum Gasteiger partial charge on any atom is 0.224 e. The number of fused-ring (bicyclic) bond motifs is 1. The molecule has 0 radical (unpaired) electrons. The molecule has 160 valence electrons. The molecule has 0 aromatic heterocycles. The van der Waals surface area contributed by atoms with Gasteiger partial charge in [0.1, 0.15) is 17.6 Å². The lowest BCUT2D eigenvalue weighted by Crippen LogP contribution is -2.54. The predicted molar refractivity (Wildman–Crippen MR) is 111 cm³/mol. The van der Waals surface area contributed by atoms with Gasteiger partial charge in [-0.15, -0.1) is 0 Å². The molecule has 1 aliphatic heterocycles. The molecule has 3 rings (SSSR count). The van der Waals surface area contributed by atoms with Crippen LogP contribution < -0.4 is 20.1 Å². The highest BCUT2D eigenvalue weighted by Gasteiger charge is 2.50. The van der Waals surface area contributed by atoms with E-state index in [1.807, 2.05) is 0 Å². The van der Waals surface area contributed by atoms with Crippen molar-refractivity contribution in [3.05, 3.63) is 18.2 Å². The zero-order chi connectivity index (χ0) is 21.0. The second-order valence-corrected chi connectivity index (χ2v) is 8.08. The van der Waals surface area contributed by atoms with Crippen LogP contribution >= 0.6 is 11.8 Å². The number of ether oxygens (including phenoxy) is 3. The summed E-state index contributed by atoms with van der Waals surface area (Å²) in [6.45, 7) is 0.800. The third kappa shape index (κ3) is 4.95. The topological polar surface area (TPSA) is 122 Å². The number of amidine groups is 1. The van der Waals surface area contributed by atoms with Crippen LogP contribution in [0.4, 0.5) is 5.69 Å². The number of carbonyl (C=O) groups is 1. The molecule has 1 saturated carbocycles. The van der Waals surface area contributed by atoms with E-state index in [1.54, 1.807) is 39.5 Å². The summed E-state index contributed by atoms with van der Waals surface area (Å²) in [6.07, 6.45) is -1.84. The maximum absolute atomic E-state index is 12.6. The van der Waals surface area contributed by atoms with Crippen LogP contribution in [0.2, 0.25) is 0 Å². The second-order valence-electron chi connectivity index (χ2n) is 6.92. The summed E-state index contributed by atoms with van der Waals surface area (Å²) in [4.78, 5) is 17.2. The van der Waals surface area contributed by atoms with E-state index in [0.29, 0.717) is 35.5 Å². The Morgan fingerprint density at radius 1 is 1.21 bits per heavy atom. The minimum atomic E-state index is -1.02. The number of aliphatic imine (C=N–C) groups is 1. The summed E-state index contributed by atoms with van der Waals surface area (Å²) >= 11 is 1.39. The van der Waals surface area contributed by atoms with Crippen LogP contribution in [0.25, 0.3) is 0 Å². The number of hydrogen-bond acceptors (Lipinski definition) is 9. The van der Waals surface area contributed by atoms with Crippen LogP contribution in [-0.2, 0) is 9.53 Å². The molecule has 1 amide bonds. The quantitative estimate of drug-likeness (QED) is 0.465. The lowest BCUT2D eigenvalue weighted by Gasteiger charge is -2.37. The Morgan fingerprint density at radius 3 is 2.52 bits per heavy atom. The van der Waals surface area contributed by atoms with E-state index in [4.69, 9.17) is 14.2 Å². The van der Waals surface area contributed by atoms with Crippen molar-refractivity contribution in [2.45, 2.75) is 29.9 Å². The number of nitrogens with one attached hydrogen (secondary N) is 2. The SMILES string of the molecule is COCCNC(=O)C1CC(O)C(O)C2N=C(Nc3cc(OC)cc(OC)c3)SC12. The number of amides is 1. The Labute approximate surface area is 173 Å². The number of nitrogens with zero attached hydrogens (tertiary/aromatic N) is 1. The minimum Gasteiger partial charge on any atom is -0.497 e. The molecular weight excluding hydrogens is 398 g/mol. The highest BCUT2D eigenvalue weighted by atomic mass is 32.2. The first-order valence-corrected chi connectivity index (χ1v) is 10.2. The number of hydrogen-bond donors (Lipinski definition) is 4. The fourth-order valence-corrected chi connectivity index (χ4v) is 4.90. The Hall–Kier alpha value is -2.01. The third-order valence-corrected chi connectivity index (χ3v) is 6.34. The summed E-state index contributed by atoms with van der Waals surface area (Å²) in [7, 11) is 4.70.